The Bertz CT molecular complexity index is 537. The molecule has 0 aliphatic rings. The van der Waals surface area contributed by atoms with Crippen molar-refractivity contribution in [2.24, 2.45) is 0 Å². The number of halogens is 2. The van der Waals surface area contributed by atoms with E-state index in [0.717, 1.165) is 30.9 Å². The number of aromatic nitrogens is 4. The zero-order valence-corrected chi connectivity index (χ0v) is 13.4. The molecule has 0 aliphatic carbocycles. The van der Waals surface area contributed by atoms with Crippen LogP contribution in [0, 0.1) is 6.92 Å². The van der Waals surface area contributed by atoms with Crippen LogP contribution in [0.1, 0.15) is 30.4 Å². The summed E-state index contributed by atoms with van der Waals surface area (Å²) >= 11 is 0. The summed E-state index contributed by atoms with van der Waals surface area (Å²) in [5.41, 5.74) is 3.22. The Labute approximate surface area is 130 Å². The van der Waals surface area contributed by atoms with Gasteiger partial charge < -0.3 is 5.32 Å². The molecule has 0 fully saturated rings. The highest BCUT2D eigenvalue weighted by molar-refractivity contribution is 5.85. The number of hydrogen-bond acceptors (Lipinski definition) is 3. The number of nitrogens with one attached hydrogen (secondary N) is 1. The van der Waals surface area contributed by atoms with E-state index in [4.69, 9.17) is 0 Å². The van der Waals surface area contributed by atoms with E-state index >= 15 is 0 Å². The summed E-state index contributed by atoms with van der Waals surface area (Å²) in [6.07, 6.45) is 2.77. The highest BCUT2D eigenvalue weighted by Crippen LogP contribution is 2.06. The first-order chi connectivity index (χ1) is 9.74. The zero-order valence-electron chi connectivity index (χ0n) is 12.5. The molecule has 5 nitrogen and oxygen atoms in total. The Hall–Kier alpha value is -1.40. The van der Waals surface area contributed by atoms with Gasteiger partial charge in [0, 0.05) is 25.8 Å². The second kappa shape index (κ2) is 8.79. The number of hydrogen-bond donors (Lipinski definition) is 1. The number of nitrogens with zero attached hydrogens (tertiary/aromatic N) is 4. The molecular weight excluding hydrogens is 293 g/mol. The molecule has 0 atom stereocenters. The van der Waals surface area contributed by atoms with E-state index < -0.39 is 6.67 Å². The van der Waals surface area contributed by atoms with Gasteiger partial charge in [-0.25, -0.2) is 4.39 Å². The van der Waals surface area contributed by atoms with Crippen LogP contribution < -0.4 is 5.32 Å². The summed E-state index contributed by atoms with van der Waals surface area (Å²) in [4.78, 5) is 0. The van der Waals surface area contributed by atoms with Crippen molar-refractivity contribution in [3.05, 3.63) is 35.4 Å². The van der Waals surface area contributed by atoms with Crippen molar-refractivity contribution in [3.63, 3.8) is 0 Å². The lowest BCUT2D eigenvalue weighted by Crippen LogP contribution is -2.19. The Morgan fingerprint density at radius 1 is 1.19 bits per heavy atom. The highest BCUT2D eigenvalue weighted by atomic mass is 35.5. The minimum atomic E-state index is -0.392. The summed E-state index contributed by atoms with van der Waals surface area (Å²) in [7, 11) is 0. The molecule has 0 saturated heterocycles. The first-order valence-corrected chi connectivity index (χ1v) is 7.05. The standard InChI is InChI=1S/C14H22FN5.ClH/c1-3-7-20-14(9-12(2)18-20)11-16-10-13-4-6-17-19(13)8-5-15;/h4,6,9,16H,3,5,7-8,10-11H2,1-2H3;1H. The molecule has 0 unspecified atom stereocenters. The van der Waals surface area contributed by atoms with Gasteiger partial charge in [-0.2, -0.15) is 10.2 Å². The predicted molar refractivity (Wildman–Crippen MR) is 83.2 cm³/mol. The van der Waals surface area contributed by atoms with Crippen molar-refractivity contribution >= 4 is 12.4 Å². The quantitative estimate of drug-likeness (QED) is 0.814. The summed E-state index contributed by atoms with van der Waals surface area (Å²) in [6, 6.07) is 4.01. The fraction of sp³-hybridized carbons (Fsp3) is 0.571. The second-order valence-corrected chi connectivity index (χ2v) is 4.84. The molecular formula is C14H23ClFN5. The van der Waals surface area contributed by atoms with Gasteiger partial charge in [-0.3, -0.25) is 9.36 Å². The first-order valence-electron chi connectivity index (χ1n) is 7.05. The third kappa shape index (κ3) is 4.82. The van der Waals surface area contributed by atoms with Gasteiger partial charge in [0.15, 0.2) is 0 Å². The lowest BCUT2D eigenvalue weighted by atomic mass is 10.3. The van der Waals surface area contributed by atoms with Crippen LogP contribution in [0.3, 0.4) is 0 Å². The molecule has 0 aliphatic heterocycles. The molecule has 2 aromatic rings. The van der Waals surface area contributed by atoms with E-state index in [2.05, 4.69) is 28.5 Å². The van der Waals surface area contributed by atoms with Gasteiger partial charge in [-0.05, 0) is 25.5 Å². The maximum atomic E-state index is 12.4. The summed E-state index contributed by atoms with van der Waals surface area (Å²) in [5.74, 6) is 0. The fourth-order valence-electron chi connectivity index (χ4n) is 2.26. The number of rotatable bonds is 8. The van der Waals surface area contributed by atoms with E-state index in [-0.39, 0.29) is 12.4 Å². The van der Waals surface area contributed by atoms with Crippen LogP contribution in [0.4, 0.5) is 4.39 Å². The van der Waals surface area contributed by atoms with Gasteiger partial charge in [0.05, 0.1) is 23.6 Å². The SMILES string of the molecule is CCCn1nc(C)cc1CNCc1ccnn1CCF.Cl. The number of alkyl halides is 1. The Balaban J connectivity index is 0.00000220. The lowest BCUT2D eigenvalue weighted by Gasteiger charge is -2.09. The minimum absolute atomic E-state index is 0. The van der Waals surface area contributed by atoms with Gasteiger partial charge in [0.25, 0.3) is 0 Å². The maximum Gasteiger partial charge on any atom is 0.109 e. The molecule has 2 rings (SSSR count). The molecule has 118 valence electrons. The monoisotopic (exact) mass is 315 g/mol. The van der Waals surface area contributed by atoms with Crippen LogP contribution >= 0.6 is 12.4 Å². The van der Waals surface area contributed by atoms with E-state index in [9.17, 15) is 4.39 Å². The Kier molecular flexibility index (Phi) is 7.39. The second-order valence-electron chi connectivity index (χ2n) is 4.84. The van der Waals surface area contributed by atoms with Crippen LogP contribution in [-0.2, 0) is 26.2 Å². The molecule has 1 N–H and O–H groups in total. The van der Waals surface area contributed by atoms with Gasteiger partial charge >= 0.3 is 0 Å². The van der Waals surface area contributed by atoms with Crippen LogP contribution in [0.25, 0.3) is 0 Å². The molecule has 2 aromatic heterocycles. The largest absolute Gasteiger partial charge is 0.306 e. The highest BCUT2D eigenvalue weighted by Gasteiger charge is 2.06. The maximum absolute atomic E-state index is 12.4. The van der Waals surface area contributed by atoms with Crippen molar-refractivity contribution < 1.29 is 4.39 Å². The van der Waals surface area contributed by atoms with Gasteiger partial charge in [-0.1, -0.05) is 6.92 Å². The average molecular weight is 316 g/mol. The van der Waals surface area contributed by atoms with Crippen LogP contribution in [0.15, 0.2) is 18.3 Å². The summed E-state index contributed by atoms with van der Waals surface area (Å²) in [6.45, 7) is 6.44. The normalized spacial score (nSPS) is 10.6. The van der Waals surface area contributed by atoms with Gasteiger partial charge in [0.2, 0.25) is 0 Å². The minimum Gasteiger partial charge on any atom is -0.306 e. The molecule has 7 heteroatoms. The molecule has 0 amide bonds. The lowest BCUT2D eigenvalue weighted by molar-refractivity contribution is 0.416. The average Bonchev–Trinajstić information content (AvgIpc) is 2.99. The van der Waals surface area contributed by atoms with Crippen molar-refractivity contribution in [2.45, 2.75) is 46.4 Å². The van der Waals surface area contributed by atoms with Crippen molar-refractivity contribution in [3.8, 4) is 0 Å². The number of aryl methyl sites for hydroxylation is 3. The molecule has 2 heterocycles. The van der Waals surface area contributed by atoms with E-state index in [1.54, 1.807) is 10.9 Å². The first kappa shape index (κ1) is 17.7. The Morgan fingerprint density at radius 2 is 1.95 bits per heavy atom. The molecule has 0 spiro atoms. The molecule has 0 bridgehead atoms. The Morgan fingerprint density at radius 3 is 2.67 bits per heavy atom. The third-order valence-electron chi connectivity index (χ3n) is 3.13. The van der Waals surface area contributed by atoms with Gasteiger partial charge in [-0.15, -0.1) is 12.4 Å². The van der Waals surface area contributed by atoms with Crippen LogP contribution in [0.5, 0.6) is 0 Å². The summed E-state index contributed by atoms with van der Waals surface area (Å²) < 4.78 is 16.1. The third-order valence-corrected chi connectivity index (χ3v) is 3.13. The topological polar surface area (TPSA) is 47.7 Å². The smallest absolute Gasteiger partial charge is 0.109 e. The molecule has 21 heavy (non-hydrogen) atoms. The van der Waals surface area contributed by atoms with Crippen molar-refractivity contribution in [1.82, 2.24) is 24.9 Å². The molecule has 0 radical (unpaired) electrons. The van der Waals surface area contributed by atoms with E-state index in [1.807, 2.05) is 17.7 Å². The fourth-order valence-corrected chi connectivity index (χ4v) is 2.26. The van der Waals surface area contributed by atoms with Crippen molar-refractivity contribution in [1.29, 1.82) is 0 Å². The molecule has 0 aromatic carbocycles. The predicted octanol–water partition coefficient (Wildman–Crippen LogP) is 2.48. The summed E-state index contributed by atoms with van der Waals surface area (Å²) in [5, 5.41) is 11.9. The van der Waals surface area contributed by atoms with Crippen LogP contribution in [0.2, 0.25) is 0 Å². The molecule has 0 saturated carbocycles. The zero-order chi connectivity index (χ0) is 14.4. The van der Waals surface area contributed by atoms with E-state index in [1.165, 1.54) is 5.69 Å². The van der Waals surface area contributed by atoms with Gasteiger partial charge in [0.1, 0.15) is 6.67 Å². The van der Waals surface area contributed by atoms with Crippen molar-refractivity contribution in [2.75, 3.05) is 6.67 Å². The van der Waals surface area contributed by atoms with Crippen LogP contribution in [-0.4, -0.2) is 26.2 Å². The van der Waals surface area contributed by atoms with E-state index in [0.29, 0.717) is 13.1 Å².